The molecule has 0 saturated carbocycles. The zero-order valence-electron chi connectivity index (χ0n) is 9.12. The molecule has 0 aliphatic heterocycles. The van der Waals surface area contributed by atoms with Crippen LogP contribution in [0.15, 0.2) is 12.2 Å². The summed E-state index contributed by atoms with van der Waals surface area (Å²) in [7, 11) is 0. The molecule has 0 saturated heterocycles. The number of hydrogen-bond acceptors (Lipinski definition) is 1. The smallest absolute Gasteiger partial charge is 0.123 e. The van der Waals surface area contributed by atoms with E-state index in [4.69, 9.17) is 0 Å². The average Bonchev–Trinajstić information content (AvgIpc) is 2.14. The van der Waals surface area contributed by atoms with Crippen molar-refractivity contribution in [2.24, 2.45) is 11.8 Å². The van der Waals surface area contributed by atoms with Gasteiger partial charge in [-0.3, -0.25) is 0 Å². The summed E-state index contributed by atoms with van der Waals surface area (Å²) in [5, 5.41) is 0. The second kappa shape index (κ2) is 8.03. The summed E-state index contributed by atoms with van der Waals surface area (Å²) in [5.74, 6) is 0.609. The molecule has 0 N–H and O–H groups in total. The van der Waals surface area contributed by atoms with Crippen LogP contribution in [0, 0.1) is 11.8 Å². The van der Waals surface area contributed by atoms with Crippen molar-refractivity contribution in [2.75, 3.05) is 0 Å². The van der Waals surface area contributed by atoms with E-state index in [9.17, 15) is 4.79 Å². The number of rotatable bonds is 7. The van der Waals surface area contributed by atoms with Crippen LogP contribution in [0.2, 0.25) is 0 Å². The molecule has 0 aromatic carbocycles. The van der Waals surface area contributed by atoms with Crippen LogP contribution >= 0.6 is 0 Å². The van der Waals surface area contributed by atoms with E-state index in [-0.39, 0.29) is 5.92 Å². The van der Waals surface area contributed by atoms with Gasteiger partial charge in [-0.15, -0.1) is 0 Å². The summed E-state index contributed by atoms with van der Waals surface area (Å²) in [4.78, 5) is 10.6. The minimum Gasteiger partial charge on any atom is -0.303 e. The first-order valence-electron chi connectivity index (χ1n) is 5.38. The van der Waals surface area contributed by atoms with Gasteiger partial charge in [-0.1, -0.05) is 45.8 Å². The molecule has 0 bridgehead atoms. The van der Waals surface area contributed by atoms with E-state index in [1.807, 2.05) is 0 Å². The van der Waals surface area contributed by atoms with Crippen molar-refractivity contribution in [3.8, 4) is 0 Å². The predicted molar refractivity (Wildman–Crippen MR) is 57.7 cm³/mol. The van der Waals surface area contributed by atoms with Crippen LogP contribution in [0.4, 0.5) is 0 Å². The number of aldehydes is 1. The molecule has 0 unspecified atom stereocenters. The first-order chi connectivity index (χ1) is 6.26. The van der Waals surface area contributed by atoms with Crippen LogP contribution in [0.1, 0.15) is 46.5 Å². The lowest BCUT2D eigenvalue weighted by molar-refractivity contribution is -0.112. The molecular weight excluding hydrogens is 160 g/mol. The lowest BCUT2D eigenvalue weighted by Crippen LogP contribution is -2.09. The molecule has 76 valence electrons. The third-order valence-electron chi connectivity index (χ3n) is 2.49. The molecule has 1 nitrogen and oxygen atoms in total. The van der Waals surface area contributed by atoms with Crippen LogP contribution in [0.25, 0.3) is 0 Å². The lowest BCUT2D eigenvalue weighted by Gasteiger charge is -2.11. The molecule has 0 aliphatic rings. The molecular formula is C12H22O. The van der Waals surface area contributed by atoms with Gasteiger partial charge in [0.25, 0.3) is 0 Å². The van der Waals surface area contributed by atoms with Gasteiger partial charge in [0.05, 0.1) is 0 Å². The van der Waals surface area contributed by atoms with Crippen LogP contribution in [-0.2, 0) is 4.79 Å². The molecule has 0 fully saturated rings. The Balaban J connectivity index is 3.75. The third kappa shape index (κ3) is 5.62. The Morgan fingerprint density at radius 1 is 1.31 bits per heavy atom. The molecule has 1 heteroatoms. The van der Waals surface area contributed by atoms with Crippen molar-refractivity contribution >= 4 is 6.29 Å². The predicted octanol–water partition coefficient (Wildman–Crippen LogP) is 3.59. The second-order valence-electron chi connectivity index (χ2n) is 3.64. The quantitative estimate of drug-likeness (QED) is 0.334. The van der Waals surface area contributed by atoms with Gasteiger partial charge < -0.3 is 4.79 Å². The Hall–Kier alpha value is -0.590. The number of unbranched alkanes of at least 4 members (excludes halogenated alkanes) is 2. The Morgan fingerprint density at radius 2 is 2.00 bits per heavy atom. The largest absolute Gasteiger partial charge is 0.303 e. The minimum absolute atomic E-state index is 0.206. The first kappa shape index (κ1) is 12.4. The van der Waals surface area contributed by atoms with Crippen molar-refractivity contribution in [3.63, 3.8) is 0 Å². The highest BCUT2D eigenvalue weighted by Gasteiger charge is 2.10. The van der Waals surface area contributed by atoms with E-state index in [0.717, 1.165) is 19.1 Å². The highest BCUT2D eigenvalue weighted by molar-refractivity contribution is 5.54. The fraction of sp³-hybridized carbons (Fsp3) is 0.750. The molecule has 0 amide bonds. The molecule has 0 radical (unpaired) electrons. The first-order valence-corrected chi connectivity index (χ1v) is 5.38. The van der Waals surface area contributed by atoms with Crippen molar-refractivity contribution < 1.29 is 4.79 Å². The molecule has 13 heavy (non-hydrogen) atoms. The highest BCUT2D eigenvalue weighted by atomic mass is 16.1. The normalized spacial score (nSPS) is 15.9. The summed E-state index contributed by atoms with van der Waals surface area (Å²) in [6.07, 6.45) is 10.1. The fourth-order valence-corrected chi connectivity index (χ4v) is 1.37. The minimum atomic E-state index is 0.206. The second-order valence-corrected chi connectivity index (χ2v) is 3.64. The lowest BCUT2D eigenvalue weighted by atomic mass is 9.92. The summed E-state index contributed by atoms with van der Waals surface area (Å²) in [5.41, 5.74) is 0. The van der Waals surface area contributed by atoms with Crippen LogP contribution < -0.4 is 0 Å². The third-order valence-corrected chi connectivity index (χ3v) is 2.49. The maximum Gasteiger partial charge on any atom is 0.123 e. The standard InChI is InChI=1S/C12H22O/c1-4-6-7-8-9-11(3)12(5-2)10-13/h8-12H,4-7H2,1-3H3/b9-8+/t11-,12+/m0/s1. The summed E-state index contributed by atoms with van der Waals surface area (Å²) in [6.45, 7) is 6.37. The van der Waals surface area contributed by atoms with Gasteiger partial charge in [0.2, 0.25) is 0 Å². The number of carbonyl (C=O) groups excluding carboxylic acids is 1. The molecule has 0 rings (SSSR count). The zero-order chi connectivity index (χ0) is 10.1. The van der Waals surface area contributed by atoms with E-state index in [1.54, 1.807) is 0 Å². The van der Waals surface area contributed by atoms with Crippen LogP contribution in [0.5, 0.6) is 0 Å². The molecule has 0 heterocycles. The summed E-state index contributed by atoms with van der Waals surface area (Å²) >= 11 is 0. The van der Waals surface area contributed by atoms with Crippen molar-refractivity contribution in [2.45, 2.75) is 46.5 Å². The van der Waals surface area contributed by atoms with Crippen LogP contribution in [-0.4, -0.2) is 6.29 Å². The monoisotopic (exact) mass is 182 g/mol. The Morgan fingerprint density at radius 3 is 2.46 bits per heavy atom. The Kier molecular flexibility index (Phi) is 7.66. The molecule has 0 spiro atoms. The van der Waals surface area contributed by atoms with Gasteiger partial charge in [0, 0.05) is 5.92 Å². The van der Waals surface area contributed by atoms with Gasteiger partial charge >= 0.3 is 0 Å². The van der Waals surface area contributed by atoms with Gasteiger partial charge in [-0.05, 0) is 18.8 Å². The van der Waals surface area contributed by atoms with Gasteiger partial charge in [-0.25, -0.2) is 0 Å². The van der Waals surface area contributed by atoms with E-state index in [0.29, 0.717) is 5.92 Å². The van der Waals surface area contributed by atoms with E-state index in [2.05, 4.69) is 32.9 Å². The zero-order valence-corrected chi connectivity index (χ0v) is 9.12. The molecule has 2 atom stereocenters. The number of allylic oxidation sites excluding steroid dienone is 2. The number of carbonyl (C=O) groups is 1. The highest BCUT2D eigenvalue weighted by Crippen LogP contribution is 2.14. The topological polar surface area (TPSA) is 17.1 Å². The van der Waals surface area contributed by atoms with E-state index < -0.39 is 0 Å². The van der Waals surface area contributed by atoms with E-state index in [1.165, 1.54) is 12.8 Å². The van der Waals surface area contributed by atoms with Crippen molar-refractivity contribution in [1.29, 1.82) is 0 Å². The van der Waals surface area contributed by atoms with Gasteiger partial charge in [0.15, 0.2) is 0 Å². The molecule has 0 aromatic heterocycles. The molecule has 0 aliphatic carbocycles. The fourth-order valence-electron chi connectivity index (χ4n) is 1.37. The van der Waals surface area contributed by atoms with Crippen LogP contribution in [0.3, 0.4) is 0 Å². The summed E-state index contributed by atoms with van der Waals surface area (Å²) < 4.78 is 0. The SMILES string of the molecule is CCCC/C=C/[C@H](C)[C@@H](C=O)CC. The maximum atomic E-state index is 10.6. The van der Waals surface area contributed by atoms with E-state index >= 15 is 0 Å². The van der Waals surface area contributed by atoms with Crippen molar-refractivity contribution in [3.05, 3.63) is 12.2 Å². The molecule has 0 aromatic rings. The van der Waals surface area contributed by atoms with Gasteiger partial charge in [-0.2, -0.15) is 0 Å². The maximum absolute atomic E-state index is 10.6. The average molecular weight is 182 g/mol. The summed E-state index contributed by atoms with van der Waals surface area (Å²) in [6, 6.07) is 0. The van der Waals surface area contributed by atoms with Gasteiger partial charge in [0.1, 0.15) is 6.29 Å². The number of hydrogen-bond donors (Lipinski definition) is 0. The Bertz CT molecular complexity index is 149. The van der Waals surface area contributed by atoms with Crippen molar-refractivity contribution in [1.82, 2.24) is 0 Å². The Labute approximate surface area is 82.2 Å².